The van der Waals surface area contributed by atoms with E-state index in [1.165, 1.54) is 18.9 Å². The summed E-state index contributed by atoms with van der Waals surface area (Å²) in [5.41, 5.74) is 0.466. The number of fused-ring (bicyclic) bond motifs is 1. The lowest BCUT2D eigenvalue weighted by atomic mass is 10.1. The summed E-state index contributed by atoms with van der Waals surface area (Å²) in [5.74, 6) is 0.493. The van der Waals surface area contributed by atoms with Crippen molar-refractivity contribution < 1.29 is 24.1 Å². The van der Waals surface area contributed by atoms with E-state index in [1.54, 1.807) is 12.1 Å². The highest BCUT2D eigenvalue weighted by atomic mass is 32.2. The summed E-state index contributed by atoms with van der Waals surface area (Å²) >= 11 is 1.38. The van der Waals surface area contributed by atoms with Crippen molar-refractivity contribution >= 4 is 17.7 Å². The van der Waals surface area contributed by atoms with Crippen molar-refractivity contribution in [3.63, 3.8) is 0 Å². The summed E-state index contributed by atoms with van der Waals surface area (Å²) in [6, 6.07) is 3.31. The molecular formula is C11H12O5S. The maximum atomic E-state index is 11.3. The number of methoxy groups -OCH3 is 1. The number of thioether (sulfide) groups is 1. The van der Waals surface area contributed by atoms with Crippen molar-refractivity contribution in [3.05, 3.63) is 17.7 Å². The summed E-state index contributed by atoms with van der Waals surface area (Å²) in [7, 11) is 1.23. The fourth-order valence-corrected chi connectivity index (χ4v) is 2.39. The Morgan fingerprint density at radius 3 is 2.94 bits per heavy atom. The molecule has 0 spiro atoms. The highest BCUT2D eigenvalue weighted by molar-refractivity contribution is 7.98. The number of carbonyl (C=O) groups excluding carboxylic acids is 1. The fourth-order valence-electron chi connectivity index (χ4n) is 1.63. The van der Waals surface area contributed by atoms with E-state index in [0.29, 0.717) is 22.0 Å². The molecule has 1 aromatic carbocycles. The normalized spacial score (nSPS) is 14.5. The standard InChI is InChI=1S/C11H12O5S/c1-14-11(13)8(12)6-3-4-7-9(10(6)17-2)16-5-15-7/h3-4,8,12H,5H2,1-2H3. The first-order chi connectivity index (χ1) is 8.19. The third kappa shape index (κ3) is 2.05. The second-order valence-corrected chi connectivity index (χ2v) is 4.16. The van der Waals surface area contributed by atoms with Gasteiger partial charge in [0.2, 0.25) is 6.79 Å². The molecule has 0 aliphatic carbocycles. The minimum atomic E-state index is -1.31. The van der Waals surface area contributed by atoms with Crippen LogP contribution < -0.4 is 9.47 Å². The third-order valence-electron chi connectivity index (χ3n) is 2.45. The van der Waals surface area contributed by atoms with Gasteiger partial charge in [-0.3, -0.25) is 0 Å². The zero-order chi connectivity index (χ0) is 12.4. The fraction of sp³-hybridized carbons (Fsp3) is 0.364. The van der Waals surface area contributed by atoms with Crippen LogP contribution in [0.5, 0.6) is 11.5 Å². The first-order valence-electron chi connectivity index (χ1n) is 4.91. The number of hydrogen-bond donors (Lipinski definition) is 1. The molecule has 1 aliphatic heterocycles. The zero-order valence-electron chi connectivity index (χ0n) is 9.43. The van der Waals surface area contributed by atoms with Gasteiger partial charge in [0.25, 0.3) is 0 Å². The topological polar surface area (TPSA) is 65.0 Å². The van der Waals surface area contributed by atoms with E-state index >= 15 is 0 Å². The molecule has 5 nitrogen and oxygen atoms in total. The van der Waals surface area contributed by atoms with Crippen LogP contribution in [-0.2, 0) is 9.53 Å². The molecule has 6 heteroatoms. The average Bonchev–Trinajstić information content (AvgIpc) is 2.83. The molecule has 1 aliphatic rings. The number of benzene rings is 1. The molecule has 0 amide bonds. The van der Waals surface area contributed by atoms with Crippen molar-refractivity contribution in [2.75, 3.05) is 20.2 Å². The molecule has 17 heavy (non-hydrogen) atoms. The van der Waals surface area contributed by atoms with Gasteiger partial charge in [0.1, 0.15) is 0 Å². The number of aliphatic hydroxyl groups excluding tert-OH is 1. The van der Waals surface area contributed by atoms with E-state index in [1.807, 2.05) is 6.26 Å². The SMILES string of the molecule is COC(=O)C(O)c1ccc2c(c1SC)OCO2. The quantitative estimate of drug-likeness (QED) is 0.650. The minimum absolute atomic E-state index is 0.153. The van der Waals surface area contributed by atoms with E-state index in [2.05, 4.69) is 4.74 Å². The Kier molecular flexibility index (Phi) is 3.44. The summed E-state index contributed by atoms with van der Waals surface area (Å²) in [4.78, 5) is 12.0. The molecule has 1 aromatic rings. The Morgan fingerprint density at radius 2 is 2.29 bits per heavy atom. The Balaban J connectivity index is 2.44. The van der Waals surface area contributed by atoms with E-state index < -0.39 is 12.1 Å². The molecule has 0 aromatic heterocycles. The van der Waals surface area contributed by atoms with Gasteiger partial charge in [-0.15, -0.1) is 11.8 Å². The van der Waals surface area contributed by atoms with Gasteiger partial charge in [-0.05, 0) is 12.3 Å². The van der Waals surface area contributed by atoms with Crippen LogP contribution in [0, 0.1) is 0 Å². The Morgan fingerprint density at radius 1 is 1.53 bits per heavy atom. The Bertz CT molecular complexity index is 446. The van der Waals surface area contributed by atoms with Crippen LogP contribution in [0.2, 0.25) is 0 Å². The van der Waals surface area contributed by atoms with Crippen LogP contribution in [0.3, 0.4) is 0 Å². The van der Waals surface area contributed by atoms with Gasteiger partial charge in [-0.2, -0.15) is 0 Å². The van der Waals surface area contributed by atoms with Gasteiger partial charge in [0, 0.05) is 5.56 Å². The van der Waals surface area contributed by atoms with Gasteiger partial charge < -0.3 is 19.3 Å². The van der Waals surface area contributed by atoms with Crippen LogP contribution in [0.25, 0.3) is 0 Å². The maximum Gasteiger partial charge on any atom is 0.339 e. The van der Waals surface area contributed by atoms with Gasteiger partial charge in [0.05, 0.1) is 12.0 Å². The van der Waals surface area contributed by atoms with Crippen molar-refractivity contribution in [3.8, 4) is 11.5 Å². The summed E-state index contributed by atoms with van der Waals surface area (Å²) in [6.45, 7) is 0.153. The van der Waals surface area contributed by atoms with Crippen LogP contribution in [0.1, 0.15) is 11.7 Å². The predicted molar refractivity (Wildman–Crippen MR) is 61.3 cm³/mol. The minimum Gasteiger partial charge on any atom is -0.467 e. The lowest BCUT2D eigenvalue weighted by Crippen LogP contribution is -2.14. The van der Waals surface area contributed by atoms with Gasteiger partial charge in [-0.25, -0.2) is 4.79 Å². The Labute approximate surface area is 103 Å². The van der Waals surface area contributed by atoms with E-state index in [0.717, 1.165) is 0 Å². The zero-order valence-corrected chi connectivity index (χ0v) is 10.2. The molecule has 1 heterocycles. The average molecular weight is 256 g/mol. The van der Waals surface area contributed by atoms with Crippen molar-refractivity contribution in [1.82, 2.24) is 0 Å². The first-order valence-corrected chi connectivity index (χ1v) is 6.14. The molecule has 1 atom stereocenters. The largest absolute Gasteiger partial charge is 0.467 e. The Hall–Kier alpha value is -1.40. The van der Waals surface area contributed by atoms with Crippen LogP contribution in [-0.4, -0.2) is 31.2 Å². The number of ether oxygens (including phenoxy) is 3. The maximum absolute atomic E-state index is 11.3. The van der Waals surface area contributed by atoms with Gasteiger partial charge in [0.15, 0.2) is 17.6 Å². The highest BCUT2D eigenvalue weighted by Crippen LogP contribution is 2.44. The van der Waals surface area contributed by atoms with E-state index in [-0.39, 0.29) is 6.79 Å². The molecule has 2 rings (SSSR count). The lowest BCUT2D eigenvalue weighted by Gasteiger charge is -2.14. The second kappa shape index (κ2) is 4.85. The molecule has 1 unspecified atom stereocenters. The molecule has 0 bridgehead atoms. The number of aliphatic hydroxyl groups is 1. The third-order valence-corrected chi connectivity index (χ3v) is 3.28. The van der Waals surface area contributed by atoms with Crippen molar-refractivity contribution in [2.24, 2.45) is 0 Å². The molecule has 0 saturated heterocycles. The van der Waals surface area contributed by atoms with Crippen LogP contribution in [0.4, 0.5) is 0 Å². The van der Waals surface area contributed by atoms with Crippen molar-refractivity contribution in [1.29, 1.82) is 0 Å². The van der Waals surface area contributed by atoms with E-state index in [9.17, 15) is 9.90 Å². The molecule has 0 saturated carbocycles. The van der Waals surface area contributed by atoms with E-state index in [4.69, 9.17) is 9.47 Å². The van der Waals surface area contributed by atoms with Gasteiger partial charge >= 0.3 is 5.97 Å². The number of hydrogen-bond acceptors (Lipinski definition) is 6. The number of rotatable bonds is 3. The smallest absolute Gasteiger partial charge is 0.339 e. The molecule has 0 fully saturated rings. The highest BCUT2D eigenvalue weighted by Gasteiger charge is 2.27. The van der Waals surface area contributed by atoms with Crippen LogP contribution in [0.15, 0.2) is 17.0 Å². The van der Waals surface area contributed by atoms with Crippen LogP contribution >= 0.6 is 11.8 Å². The second-order valence-electron chi connectivity index (χ2n) is 3.35. The number of carbonyl (C=O) groups is 1. The number of esters is 1. The molecule has 1 N–H and O–H groups in total. The summed E-state index contributed by atoms with van der Waals surface area (Å²) < 4.78 is 15.1. The molecule has 0 radical (unpaired) electrons. The monoisotopic (exact) mass is 256 g/mol. The van der Waals surface area contributed by atoms with Gasteiger partial charge in [-0.1, -0.05) is 6.07 Å². The molecular weight excluding hydrogens is 244 g/mol. The van der Waals surface area contributed by atoms with Crippen molar-refractivity contribution in [2.45, 2.75) is 11.0 Å². The first kappa shape index (κ1) is 12.1. The lowest BCUT2D eigenvalue weighted by molar-refractivity contribution is -0.150. The predicted octanol–water partition coefficient (Wildman–Crippen LogP) is 1.34. The summed E-state index contributed by atoms with van der Waals surface area (Å²) in [6.07, 6.45) is 0.530. The summed E-state index contributed by atoms with van der Waals surface area (Å²) in [5, 5.41) is 9.85. The molecule has 92 valence electrons.